The maximum Gasteiger partial charge on any atom is 0.191 e. The molecule has 1 fully saturated rings. The van der Waals surface area contributed by atoms with Gasteiger partial charge in [-0.1, -0.05) is 36.8 Å². The van der Waals surface area contributed by atoms with Gasteiger partial charge in [-0.2, -0.15) is 0 Å². The first kappa shape index (κ1) is 20.3. The lowest BCUT2D eigenvalue weighted by molar-refractivity contribution is 0.0732. The molecule has 152 valence electrons. The van der Waals surface area contributed by atoms with Gasteiger partial charge < -0.3 is 19.9 Å². The summed E-state index contributed by atoms with van der Waals surface area (Å²) in [5.41, 5.74) is 1.52. The van der Waals surface area contributed by atoms with E-state index in [1.165, 1.54) is 24.8 Å². The maximum atomic E-state index is 5.31. The van der Waals surface area contributed by atoms with Crippen LogP contribution in [-0.2, 0) is 24.9 Å². The molecule has 0 amide bonds. The van der Waals surface area contributed by atoms with Gasteiger partial charge in [0.05, 0.1) is 13.1 Å². The van der Waals surface area contributed by atoms with Crippen molar-refractivity contribution in [2.75, 3.05) is 20.3 Å². The second-order valence-corrected chi connectivity index (χ2v) is 7.68. The number of aromatic nitrogens is 3. The third-order valence-electron chi connectivity index (χ3n) is 5.74. The van der Waals surface area contributed by atoms with Gasteiger partial charge in [-0.05, 0) is 37.2 Å². The second kappa shape index (κ2) is 9.68. The average molecular weight is 385 g/mol. The number of guanidine groups is 1. The first-order chi connectivity index (χ1) is 13.6. The Morgan fingerprint density at radius 1 is 1.21 bits per heavy atom. The summed E-state index contributed by atoms with van der Waals surface area (Å²) in [5, 5.41) is 15.3. The van der Waals surface area contributed by atoms with Gasteiger partial charge in [-0.15, -0.1) is 10.2 Å². The highest BCUT2D eigenvalue weighted by atomic mass is 16.5. The number of benzene rings is 1. The molecule has 28 heavy (non-hydrogen) atoms. The van der Waals surface area contributed by atoms with Gasteiger partial charge in [0.1, 0.15) is 5.82 Å². The van der Waals surface area contributed by atoms with Gasteiger partial charge in [0.25, 0.3) is 0 Å². The van der Waals surface area contributed by atoms with E-state index in [1.54, 1.807) is 7.11 Å². The zero-order chi connectivity index (χ0) is 19.8. The molecule has 0 bridgehead atoms. The van der Waals surface area contributed by atoms with E-state index in [0.29, 0.717) is 18.5 Å². The van der Waals surface area contributed by atoms with Gasteiger partial charge >= 0.3 is 0 Å². The van der Waals surface area contributed by atoms with E-state index in [4.69, 9.17) is 9.73 Å². The highest BCUT2D eigenvalue weighted by Crippen LogP contribution is 2.43. The number of rotatable bonds is 9. The van der Waals surface area contributed by atoms with Crippen LogP contribution in [0.1, 0.15) is 42.9 Å². The highest BCUT2D eigenvalue weighted by molar-refractivity contribution is 5.79. The largest absolute Gasteiger partial charge is 0.385 e. The molecule has 2 N–H and O–H groups in total. The van der Waals surface area contributed by atoms with Crippen LogP contribution in [0.15, 0.2) is 35.3 Å². The monoisotopic (exact) mass is 384 g/mol. The Balaban J connectivity index is 1.64. The van der Waals surface area contributed by atoms with Crippen LogP contribution >= 0.6 is 0 Å². The first-order valence-electron chi connectivity index (χ1n) is 10.0. The molecule has 2 aromatic rings. The smallest absolute Gasteiger partial charge is 0.191 e. The molecule has 0 atom stereocenters. The van der Waals surface area contributed by atoms with E-state index in [-0.39, 0.29) is 0 Å². The molecule has 1 saturated carbocycles. The number of nitrogens with zero attached hydrogens (tertiary/aromatic N) is 4. The van der Waals surface area contributed by atoms with Crippen LogP contribution in [0.2, 0.25) is 0 Å². The normalized spacial score (nSPS) is 15.9. The minimum Gasteiger partial charge on any atom is -0.385 e. The number of ether oxygens (including phenoxy) is 1. The maximum absolute atomic E-state index is 5.31. The summed E-state index contributed by atoms with van der Waals surface area (Å²) >= 11 is 0. The van der Waals surface area contributed by atoms with Crippen LogP contribution in [-0.4, -0.2) is 41.0 Å². The lowest BCUT2D eigenvalue weighted by Gasteiger charge is -2.42. The summed E-state index contributed by atoms with van der Waals surface area (Å²) in [6, 6.07) is 10.3. The number of nitrogens with one attached hydrogen (secondary N) is 2. The number of hydrogen-bond donors (Lipinski definition) is 2. The summed E-state index contributed by atoms with van der Waals surface area (Å²) in [5.74, 6) is 2.61. The van der Waals surface area contributed by atoms with E-state index >= 15 is 0 Å². The Morgan fingerprint density at radius 2 is 2.00 bits per heavy atom. The fourth-order valence-corrected chi connectivity index (χ4v) is 3.48. The van der Waals surface area contributed by atoms with Crippen molar-refractivity contribution in [3.63, 3.8) is 0 Å². The predicted molar refractivity (Wildman–Crippen MR) is 111 cm³/mol. The summed E-state index contributed by atoms with van der Waals surface area (Å²) < 4.78 is 7.31. The minimum absolute atomic E-state index is 0.326. The molecule has 1 heterocycles. The zero-order valence-electron chi connectivity index (χ0n) is 17.2. The van der Waals surface area contributed by atoms with Crippen LogP contribution < -0.4 is 10.6 Å². The molecule has 1 aliphatic carbocycles. The molecule has 3 rings (SSSR count). The Kier molecular flexibility index (Phi) is 7.03. The summed E-state index contributed by atoms with van der Waals surface area (Å²) in [6.07, 6.45) is 4.88. The Morgan fingerprint density at radius 3 is 2.61 bits per heavy atom. The number of aryl methyl sites for hydroxylation is 1. The molecule has 1 aliphatic rings. The second-order valence-electron chi connectivity index (χ2n) is 7.68. The van der Waals surface area contributed by atoms with Crippen molar-refractivity contribution in [1.29, 1.82) is 0 Å². The molecular weight excluding hydrogens is 352 g/mol. The Labute approximate surface area is 167 Å². The lowest BCUT2D eigenvalue weighted by Crippen LogP contribution is -2.47. The molecule has 7 nitrogen and oxygen atoms in total. The van der Waals surface area contributed by atoms with Gasteiger partial charge in [-0.3, -0.25) is 0 Å². The fourth-order valence-electron chi connectivity index (χ4n) is 3.48. The lowest BCUT2D eigenvalue weighted by atomic mass is 9.67. The molecule has 0 spiro atoms. The summed E-state index contributed by atoms with van der Waals surface area (Å²) in [6.45, 7) is 4.90. The van der Waals surface area contributed by atoms with E-state index in [0.717, 1.165) is 37.2 Å². The third-order valence-corrected chi connectivity index (χ3v) is 5.74. The van der Waals surface area contributed by atoms with Crippen LogP contribution in [0.25, 0.3) is 0 Å². The minimum atomic E-state index is 0.326. The number of methoxy groups -OCH3 is 1. The predicted octanol–water partition coefficient (Wildman–Crippen LogP) is 2.57. The summed E-state index contributed by atoms with van der Waals surface area (Å²) in [7, 11) is 3.76. The number of hydrogen-bond acceptors (Lipinski definition) is 4. The van der Waals surface area contributed by atoms with E-state index in [9.17, 15) is 0 Å². The number of aliphatic imine (C=N–C) groups is 1. The van der Waals surface area contributed by atoms with E-state index in [2.05, 4.69) is 33.0 Å². The van der Waals surface area contributed by atoms with Crippen molar-refractivity contribution in [3.8, 4) is 0 Å². The van der Waals surface area contributed by atoms with Crippen molar-refractivity contribution < 1.29 is 4.74 Å². The van der Waals surface area contributed by atoms with E-state index in [1.807, 2.05) is 36.7 Å². The molecule has 1 aromatic heterocycles. The van der Waals surface area contributed by atoms with Gasteiger partial charge in [0, 0.05) is 27.3 Å². The van der Waals surface area contributed by atoms with Crippen molar-refractivity contribution >= 4 is 5.96 Å². The molecule has 0 saturated heterocycles. The quantitative estimate of drug-likeness (QED) is 0.513. The molecule has 0 aliphatic heterocycles. The molecule has 7 heteroatoms. The van der Waals surface area contributed by atoms with Gasteiger partial charge in [-0.25, -0.2) is 4.99 Å². The first-order valence-corrected chi connectivity index (χ1v) is 10.0. The summed E-state index contributed by atoms with van der Waals surface area (Å²) in [4.78, 5) is 4.79. The SMILES string of the molecule is COCCC1(CNC(=NCc2ccccc2)NCc2nnc(C)n2C)CCC1. The molecule has 1 aromatic carbocycles. The van der Waals surface area contributed by atoms with Crippen molar-refractivity contribution in [2.45, 2.75) is 45.7 Å². The topological polar surface area (TPSA) is 76.4 Å². The van der Waals surface area contributed by atoms with Gasteiger partial charge in [0.15, 0.2) is 11.8 Å². The van der Waals surface area contributed by atoms with Crippen molar-refractivity contribution in [3.05, 3.63) is 47.5 Å². The highest BCUT2D eigenvalue weighted by Gasteiger charge is 2.36. The van der Waals surface area contributed by atoms with E-state index < -0.39 is 0 Å². The van der Waals surface area contributed by atoms with Crippen LogP contribution in [0.3, 0.4) is 0 Å². The molecule has 0 radical (unpaired) electrons. The molecular formula is C21H32N6O. The Hall–Kier alpha value is -2.41. The average Bonchev–Trinajstić information content (AvgIpc) is 3.01. The van der Waals surface area contributed by atoms with Crippen LogP contribution in [0.5, 0.6) is 0 Å². The van der Waals surface area contributed by atoms with Crippen molar-refractivity contribution in [1.82, 2.24) is 25.4 Å². The zero-order valence-corrected chi connectivity index (χ0v) is 17.2. The van der Waals surface area contributed by atoms with Crippen LogP contribution in [0, 0.1) is 12.3 Å². The Bertz CT molecular complexity index is 766. The molecule has 0 unspecified atom stereocenters. The third kappa shape index (κ3) is 5.32. The van der Waals surface area contributed by atoms with Crippen molar-refractivity contribution in [2.24, 2.45) is 17.5 Å². The van der Waals surface area contributed by atoms with Crippen LogP contribution in [0.4, 0.5) is 0 Å². The standard InChI is InChI=1S/C21H32N6O/c1-17-25-26-19(27(17)2)15-23-20(22-14-18-8-5-4-6-9-18)24-16-21(10-7-11-21)12-13-28-3/h4-6,8-9H,7,10-16H2,1-3H3,(H2,22,23,24). The van der Waals surface area contributed by atoms with Gasteiger partial charge in [0.2, 0.25) is 0 Å². The fraction of sp³-hybridized carbons (Fsp3) is 0.571.